The van der Waals surface area contributed by atoms with Gasteiger partial charge in [0.05, 0.1) is 6.61 Å². The van der Waals surface area contributed by atoms with Crippen LogP contribution in [0.4, 0.5) is 4.79 Å². The number of carbonyl (C=O) groups is 2. The molecule has 0 radical (unpaired) electrons. The minimum absolute atomic E-state index is 0.158. The van der Waals surface area contributed by atoms with E-state index >= 15 is 0 Å². The number of esters is 1. The van der Waals surface area contributed by atoms with Crippen LogP contribution in [0.1, 0.15) is 38.2 Å². The molecule has 10 heteroatoms. The van der Waals surface area contributed by atoms with E-state index < -0.39 is 11.6 Å². The lowest BCUT2D eigenvalue weighted by Gasteiger charge is -2.35. The Labute approximate surface area is 187 Å². The predicted molar refractivity (Wildman–Crippen MR) is 118 cm³/mol. The van der Waals surface area contributed by atoms with Crippen LogP contribution in [0.2, 0.25) is 0 Å². The fourth-order valence-corrected chi connectivity index (χ4v) is 3.26. The summed E-state index contributed by atoms with van der Waals surface area (Å²) in [7, 11) is 0. The van der Waals surface area contributed by atoms with Gasteiger partial charge in [0.1, 0.15) is 23.7 Å². The van der Waals surface area contributed by atoms with Gasteiger partial charge in [-0.25, -0.2) is 9.59 Å². The average Bonchev–Trinajstić information content (AvgIpc) is 3.24. The van der Waals surface area contributed by atoms with Gasteiger partial charge in [0.25, 0.3) is 0 Å². The first-order valence-electron chi connectivity index (χ1n) is 10.8. The van der Waals surface area contributed by atoms with E-state index in [4.69, 9.17) is 14.2 Å². The van der Waals surface area contributed by atoms with Crippen LogP contribution in [0.25, 0.3) is 11.3 Å². The number of benzene rings is 1. The van der Waals surface area contributed by atoms with E-state index in [1.54, 1.807) is 11.8 Å². The lowest BCUT2D eigenvalue weighted by Crippen LogP contribution is -2.50. The smallest absolute Gasteiger partial charge is 0.410 e. The fraction of sp³-hybridized carbons (Fsp3) is 0.545. The van der Waals surface area contributed by atoms with E-state index in [0.717, 1.165) is 30.9 Å². The molecule has 1 aromatic carbocycles. The molecule has 10 nitrogen and oxygen atoms in total. The van der Waals surface area contributed by atoms with Gasteiger partial charge in [-0.2, -0.15) is 10.3 Å². The molecular formula is C22H31N5O5. The summed E-state index contributed by atoms with van der Waals surface area (Å²) < 4.78 is 16.3. The SMILES string of the molecule is CCOC(=O)c1n[nH]nc1-c1ccc(OCCN2CCN(C(=O)OC(C)(C)C)CC2)cc1. The van der Waals surface area contributed by atoms with Crippen LogP contribution in [0.15, 0.2) is 24.3 Å². The van der Waals surface area contributed by atoms with Crippen molar-refractivity contribution in [3.63, 3.8) is 0 Å². The third kappa shape index (κ3) is 6.43. The Kier molecular flexibility index (Phi) is 7.68. The molecule has 1 aliphatic heterocycles. The number of H-pyrrole nitrogens is 1. The van der Waals surface area contributed by atoms with Crippen molar-refractivity contribution in [3.05, 3.63) is 30.0 Å². The largest absolute Gasteiger partial charge is 0.492 e. The number of aromatic amines is 1. The first-order chi connectivity index (χ1) is 15.3. The van der Waals surface area contributed by atoms with Crippen LogP contribution in [-0.2, 0) is 9.47 Å². The zero-order valence-electron chi connectivity index (χ0n) is 19.1. The number of hydrogen-bond acceptors (Lipinski definition) is 8. The molecule has 1 saturated heterocycles. The van der Waals surface area contributed by atoms with Gasteiger partial charge < -0.3 is 19.1 Å². The third-order valence-electron chi connectivity index (χ3n) is 4.84. The van der Waals surface area contributed by atoms with Crippen molar-refractivity contribution in [2.24, 2.45) is 0 Å². The Hall–Kier alpha value is -3.14. The second kappa shape index (κ2) is 10.4. The van der Waals surface area contributed by atoms with Crippen molar-refractivity contribution in [1.82, 2.24) is 25.2 Å². The molecule has 0 bridgehead atoms. The van der Waals surface area contributed by atoms with Crippen LogP contribution in [0.5, 0.6) is 5.75 Å². The molecular weight excluding hydrogens is 414 g/mol. The molecule has 1 fully saturated rings. The number of aromatic nitrogens is 3. The molecule has 32 heavy (non-hydrogen) atoms. The molecule has 0 aliphatic carbocycles. The van der Waals surface area contributed by atoms with Gasteiger partial charge >= 0.3 is 12.1 Å². The molecule has 1 aliphatic rings. The van der Waals surface area contributed by atoms with Gasteiger partial charge in [0.15, 0.2) is 5.69 Å². The molecule has 1 amide bonds. The van der Waals surface area contributed by atoms with E-state index in [-0.39, 0.29) is 18.4 Å². The Morgan fingerprint density at radius 1 is 1.06 bits per heavy atom. The molecule has 0 unspecified atom stereocenters. The lowest BCUT2D eigenvalue weighted by molar-refractivity contribution is 0.0136. The van der Waals surface area contributed by atoms with Crippen molar-refractivity contribution >= 4 is 12.1 Å². The minimum Gasteiger partial charge on any atom is -0.492 e. The number of ether oxygens (including phenoxy) is 3. The highest BCUT2D eigenvalue weighted by Gasteiger charge is 2.25. The van der Waals surface area contributed by atoms with Crippen molar-refractivity contribution in [1.29, 1.82) is 0 Å². The molecule has 2 aromatic rings. The van der Waals surface area contributed by atoms with Gasteiger partial charge in [-0.15, -0.1) is 5.10 Å². The van der Waals surface area contributed by atoms with Crippen molar-refractivity contribution < 1.29 is 23.8 Å². The Bertz CT molecular complexity index is 898. The Morgan fingerprint density at radius 3 is 2.38 bits per heavy atom. The summed E-state index contributed by atoms with van der Waals surface area (Å²) in [6, 6.07) is 7.32. The number of rotatable bonds is 7. The summed E-state index contributed by atoms with van der Waals surface area (Å²) >= 11 is 0. The summed E-state index contributed by atoms with van der Waals surface area (Å²) in [6.45, 7) is 11.8. The Morgan fingerprint density at radius 2 is 1.75 bits per heavy atom. The molecule has 0 spiro atoms. The fourth-order valence-electron chi connectivity index (χ4n) is 3.26. The van der Waals surface area contributed by atoms with Crippen molar-refractivity contribution in [2.45, 2.75) is 33.3 Å². The summed E-state index contributed by atoms with van der Waals surface area (Å²) in [5.74, 6) is 0.214. The average molecular weight is 446 g/mol. The number of piperazine rings is 1. The zero-order valence-corrected chi connectivity index (χ0v) is 19.1. The highest BCUT2D eigenvalue weighted by Crippen LogP contribution is 2.23. The van der Waals surface area contributed by atoms with E-state index in [1.807, 2.05) is 45.0 Å². The highest BCUT2D eigenvalue weighted by molar-refractivity contribution is 5.93. The monoisotopic (exact) mass is 445 g/mol. The van der Waals surface area contributed by atoms with Crippen LogP contribution in [0.3, 0.4) is 0 Å². The standard InChI is InChI=1S/C22H31N5O5/c1-5-30-20(28)19-18(23-25-24-19)16-6-8-17(9-7-16)31-15-14-26-10-12-27(13-11-26)21(29)32-22(2,3)4/h6-9H,5,10-15H2,1-4H3,(H,23,24,25). The molecule has 174 valence electrons. The maximum Gasteiger partial charge on any atom is 0.410 e. The van der Waals surface area contributed by atoms with Gasteiger partial charge in [0.2, 0.25) is 0 Å². The molecule has 0 atom stereocenters. The number of nitrogens with one attached hydrogen (secondary N) is 1. The van der Waals surface area contributed by atoms with Crippen molar-refractivity contribution in [2.75, 3.05) is 45.9 Å². The maximum atomic E-state index is 12.1. The number of nitrogens with zero attached hydrogens (tertiary/aromatic N) is 4. The van der Waals surface area contributed by atoms with E-state index in [1.165, 1.54) is 0 Å². The topological polar surface area (TPSA) is 110 Å². The quantitative estimate of drug-likeness (QED) is 0.648. The first-order valence-corrected chi connectivity index (χ1v) is 10.8. The molecule has 3 rings (SSSR count). The van der Waals surface area contributed by atoms with E-state index in [9.17, 15) is 9.59 Å². The predicted octanol–water partition coefficient (Wildman–Crippen LogP) is 2.58. The second-order valence-corrected chi connectivity index (χ2v) is 8.42. The molecule has 1 N–H and O–H groups in total. The van der Waals surface area contributed by atoms with Gasteiger partial charge in [0, 0.05) is 38.3 Å². The maximum absolute atomic E-state index is 12.1. The summed E-state index contributed by atoms with van der Waals surface area (Å²) in [4.78, 5) is 28.1. The van der Waals surface area contributed by atoms with Crippen LogP contribution in [-0.4, -0.2) is 88.8 Å². The van der Waals surface area contributed by atoms with Crippen LogP contribution in [0, 0.1) is 0 Å². The van der Waals surface area contributed by atoms with E-state index in [2.05, 4.69) is 20.3 Å². The summed E-state index contributed by atoms with van der Waals surface area (Å²) in [6.07, 6.45) is -0.258. The van der Waals surface area contributed by atoms with Crippen LogP contribution < -0.4 is 4.74 Å². The molecule has 0 saturated carbocycles. The number of hydrogen-bond donors (Lipinski definition) is 1. The highest BCUT2D eigenvalue weighted by atomic mass is 16.6. The number of amides is 1. The minimum atomic E-state index is -0.511. The Balaban J connectivity index is 1.44. The molecule has 1 aromatic heterocycles. The number of carbonyl (C=O) groups excluding carboxylic acids is 2. The van der Waals surface area contributed by atoms with Gasteiger partial charge in [-0.05, 0) is 52.0 Å². The first kappa shape index (κ1) is 23.5. The lowest BCUT2D eigenvalue weighted by atomic mass is 10.1. The van der Waals surface area contributed by atoms with E-state index in [0.29, 0.717) is 25.4 Å². The van der Waals surface area contributed by atoms with Crippen LogP contribution >= 0.6 is 0 Å². The summed E-state index contributed by atoms with van der Waals surface area (Å²) in [5, 5.41) is 10.4. The zero-order chi connectivity index (χ0) is 23.1. The van der Waals surface area contributed by atoms with Gasteiger partial charge in [-0.3, -0.25) is 4.90 Å². The third-order valence-corrected chi connectivity index (χ3v) is 4.84. The normalized spacial score (nSPS) is 14.8. The second-order valence-electron chi connectivity index (χ2n) is 8.42. The van der Waals surface area contributed by atoms with Crippen molar-refractivity contribution in [3.8, 4) is 17.0 Å². The van der Waals surface area contributed by atoms with Gasteiger partial charge in [-0.1, -0.05) is 0 Å². The molecule has 2 heterocycles. The summed E-state index contributed by atoms with van der Waals surface area (Å²) in [5.41, 5.74) is 0.863.